The summed E-state index contributed by atoms with van der Waals surface area (Å²) < 4.78 is 25.2. The van der Waals surface area contributed by atoms with Crippen LogP contribution in [0.3, 0.4) is 0 Å². The minimum Gasteiger partial charge on any atom is -0.333 e. The summed E-state index contributed by atoms with van der Waals surface area (Å²) in [7, 11) is 0. The van der Waals surface area contributed by atoms with Gasteiger partial charge in [0.1, 0.15) is 0 Å². The number of carbonyl (C=O) groups is 2. The predicted octanol–water partition coefficient (Wildman–Crippen LogP) is 4.34. The van der Waals surface area contributed by atoms with E-state index in [9.17, 15) is 18.4 Å². The molecule has 27 heavy (non-hydrogen) atoms. The second kappa shape index (κ2) is 9.91. The van der Waals surface area contributed by atoms with Gasteiger partial charge in [-0.2, -0.15) is 0 Å². The van der Waals surface area contributed by atoms with Crippen LogP contribution in [0, 0.1) is 0 Å². The van der Waals surface area contributed by atoms with Crippen molar-refractivity contribution in [2.75, 3.05) is 18.0 Å². The first-order chi connectivity index (χ1) is 12.9. The van der Waals surface area contributed by atoms with Gasteiger partial charge in [-0.15, -0.1) is 11.3 Å². The van der Waals surface area contributed by atoms with Gasteiger partial charge in [0, 0.05) is 24.9 Å². The number of amides is 2. The molecular formula is C19H21F2N3O2S. The number of anilines is 2. The third-order valence-electron chi connectivity index (χ3n) is 3.59. The predicted molar refractivity (Wildman–Crippen MR) is 103 cm³/mol. The van der Waals surface area contributed by atoms with Gasteiger partial charge < -0.3 is 4.90 Å². The van der Waals surface area contributed by atoms with Crippen LogP contribution in [0.2, 0.25) is 0 Å². The molecule has 0 saturated carbocycles. The lowest BCUT2D eigenvalue weighted by molar-refractivity contribution is -0.127. The first-order valence-corrected chi connectivity index (χ1v) is 9.36. The fraction of sp³-hybridized carbons (Fsp3) is 0.316. The molecule has 0 fully saturated rings. The van der Waals surface area contributed by atoms with Crippen molar-refractivity contribution < 1.29 is 18.4 Å². The van der Waals surface area contributed by atoms with E-state index in [4.69, 9.17) is 0 Å². The number of nitrogens with zero attached hydrogens (tertiary/aromatic N) is 3. The standard InChI is InChI=1S/C19H21F2N3O2S/c1-3-11-23(12-17(20)21)18(26)10-9-15-13-27-19(22-15)24(14(2)25)16-7-5-4-6-8-16/h4-10,13,17H,3,11-12H2,1-2H3/b10-9+. The molecule has 0 aliphatic carbocycles. The van der Waals surface area contributed by atoms with Crippen molar-refractivity contribution in [1.29, 1.82) is 0 Å². The van der Waals surface area contributed by atoms with Crippen LogP contribution in [0.4, 0.5) is 19.6 Å². The molecule has 5 nitrogen and oxygen atoms in total. The van der Waals surface area contributed by atoms with Crippen molar-refractivity contribution in [3.05, 3.63) is 47.5 Å². The summed E-state index contributed by atoms with van der Waals surface area (Å²) in [6.45, 7) is 2.94. The van der Waals surface area contributed by atoms with Crippen molar-refractivity contribution >= 4 is 40.0 Å². The lowest BCUT2D eigenvalue weighted by Gasteiger charge is -2.19. The Hall–Kier alpha value is -2.61. The molecule has 0 aliphatic rings. The molecular weight excluding hydrogens is 372 g/mol. The third-order valence-corrected chi connectivity index (χ3v) is 4.43. The van der Waals surface area contributed by atoms with Crippen LogP contribution in [0.1, 0.15) is 26.0 Å². The van der Waals surface area contributed by atoms with Gasteiger partial charge in [-0.05, 0) is 24.6 Å². The van der Waals surface area contributed by atoms with Crippen molar-refractivity contribution in [1.82, 2.24) is 9.88 Å². The Balaban J connectivity index is 2.15. The van der Waals surface area contributed by atoms with Gasteiger partial charge in [0.15, 0.2) is 5.13 Å². The van der Waals surface area contributed by atoms with Crippen LogP contribution in [0.5, 0.6) is 0 Å². The number of para-hydroxylation sites is 1. The fourth-order valence-electron chi connectivity index (χ4n) is 2.45. The molecule has 0 N–H and O–H groups in total. The molecule has 0 unspecified atom stereocenters. The zero-order chi connectivity index (χ0) is 19.8. The Labute approximate surface area is 160 Å². The summed E-state index contributed by atoms with van der Waals surface area (Å²) in [6, 6.07) is 9.10. The average Bonchev–Trinajstić information content (AvgIpc) is 3.08. The van der Waals surface area contributed by atoms with Crippen LogP contribution in [0.25, 0.3) is 6.08 Å². The monoisotopic (exact) mass is 393 g/mol. The molecule has 0 radical (unpaired) electrons. The van der Waals surface area contributed by atoms with Gasteiger partial charge in [0.25, 0.3) is 6.43 Å². The number of aromatic nitrogens is 1. The largest absolute Gasteiger partial charge is 0.333 e. The zero-order valence-corrected chi connectivity index (χ0v) is 16.0. The Morgan fingerprint density at radius 1 is 1.26 bits per heavy atom. The molecule has 1 aromatic heterocycles. The summed E-state index contributed by atoms with van der Waals surface area (Å²) in [6.07, 6.45) is 0.726. The Kier molecular flexibility index (Phi) is 7.60. The SMILES string of the molecule is CCCN(CC(F)F)C(=O)/C=C/c1csc(N(C(C)=O)c2ccccc2)n1. The van der Waals surface area contributed by atoms with Gasteiger partial charge in [-0.3, -0.25) is 14.5 Å². The quantitative estimate of drug-likeness (QED) is 0.627. The van der Waals surface area contributed by atoms with Crippen molar-refractivity contribution in [3.8, 4) is 0 Å². The van der Waals surface area contributed by atoms with E-state index in [0.29, 0.717) is 22.9 Å². The summed E-state index contributed by atoms with van der Waals surface area (Å²) in [5.74, 6) is -0.675. The lowest BCUT2D eigenvalue weighted by atomic mass is 10.3. The average molecular weight is 393 g/mol. The summed E-state index contributed by atoms with van der Waals surface area (Å²) in [5.41, 5.74) is 1.18. The molecule has 1 heterocycles. The Bertz CT molecular complexity index is 793. The number of rotatable bonds is 8. The van der Waals surface area contributed by atoms with Gasteiger partial charge in [0.2, 0.25) is 11.8 Å². The van der Waals surface area contributed by atoms with Crippen LogP contribution < -0.4 is 4.90 Å². The van der Waals surface area contributed by atoms with Gasteiger partial charge in [-0.25, -0.2) is 13.8 Å². The van der Waals surface area contributed by atoms with E-state index in [1.807, 2.05) is 25.1 Å². The maximum Gasteiger partial charge on any atom is 0.255 e. The third kappa shape index (κ3) is 5.96. The van der Waals surface area contributed by atoms with Crippen LogP contribution in [0.15, 0.2) is 41.8 Å². The normalized spacial score (nSPS) is 11.1. The molecule has 2 rings (SSSR count). The van der Waals surface area contributed by atoms with E-state index in [1.165, 1.54) is 35.3 Å². The second-order valence-electron chi connectivity index (χ2n) is 5.75. The maximum atomic E-state index is 12.6. The molecule has 0 atom stereocenters. The first kappa shape index (κ1) is 20.7. The first-order valence-electron chi connectivity index (χ1n) is 8.48. The topological polar surface area (TPSA) is 53.5 Å². The molecule has 144 valence electrons. The van der Waals surface area contributed by atoms with Crippen LogP contribution >= 0.6 is 11.3 Å². The molecule has 2 amide bonds. The van der Waals surface area contributed by atoms with E-state index in [2.05, 4.69) is 4.98 Å². The number of thiazole rings is 1. The number of hydrogen-bond donors (Lipinski definition) is 0. The van der Waals surface area contributed by atoms with Crippen LogP contribution in [-0.4, -0.2) is 41.2 Å². The smallest absolute Gasteiger partial charge is 0.255 e. The van der Waals surface area contributed by atoms with E-state index in [0.717, 1.165) is 4.90 Å². The zero-order valence-electron chi connectivity index (χ0n) is 15.1. The van der Waals surface area contributed by atoms with Gasteiger partial charge in [0.05, 0.1) is 17.9 Å². The number of hydrogen-bond acceptors (Lipinski definition) is 4. The number of carbonyl (C=O) groups excluding carboxylic acids is 2. The van der Waals surface area contributed by atoms with Crippen LogP contribution in [-0.2, 0) is 9.59 Å². The molecule has 0 saturated heterocycles. The van der Waals surface area contributed by atoms with Crippen molar-refractivity contribution in [2.24, 2.45) is 0 Å². The van der Waals surface area contributed by atoms with Crippen molar-refractivity contribution in [3.63, 3.8) is 0 Å². The number of halogens is 2. The molecule has 0 aliphatic heterocycles. The molecule has 2 aromatic rings. The summed E-state index contributed by atoms with van der Waals surface area (Å²) in [4.78, 5) is 31.1. The minimum atomic E-state index is -2.57. The molecule has 1 aromatic carbocycles. The number of benzene rings is 1. The van der Waals surface area contributed by atoms with Gasteiger partial charge in [-0.1, -0.05) is 25.1 Å². The Morgan fingerprint density at radius 3 is 2.56 bits per heavy atom. The summed E-state index contributed by atoms with van der Waals surface area (Å²) >= 11 is 1.26. The highest BCUT2D eigenvalue weighted by Gasteiger charge is 2.18. The lowest BCUT2D eigenvalue weighted by Crippen LogP contribution is -2.34. The van der Waals surface area contributed by atoms with E-state index in [-0.39, 0.29) is 12.5 Å². The molecule has 0 spiro atoms. The highest BCUT2D eigenvalue weighted by atomic mass is 32.1. The van der Waals surface area contributed by atoms with E-state index in [1.54, 1.807) is 17.5 Å². The Morgan fingerprint density at radius 2 is 1.96 bits per heavy atom. The van der Waals surface area contributed by atoms with Crippen molar-refractivity contribution in [2.45, 2.75) is 26.7 Å². The second-order valence-corrected chi connectivity index (χ2v) is 6.59. The van der Waals surface area contributed by atoms with E-state index >= 15 is 0 Å². The highest BCUT2D eigenvalue weighted by Crippen LogP contribution is 2.29. The highest BCUT2D eigenvalue weighted by molar-refractivity contribution is 7.14. The van der Waals surface area contributed by atoms with Gasteiger partial charge >= 0.3 is 0 Å². The number of alkyl halides is 2. The fourth-order valence-corrected chi connectivity index (χ4v) is 3.30. The maximum absolute atomic E-state index is 12.6. The minimum absolute atomic E-state index is 0.187. The van der Waals surface area contributed by atoms with E-state index < -0.39 is 18.9 Å². The molecule has 8 heteroatoms. The summed E-state index contributed by atoms with van der Waals surface area (Å²) in [5, 5.41) is 2.17. The molecule has 0 bridgehead atoms.